The molecule has 1 atom stereocenters. The van der Waals surface area contributed by atoms with Crippen LogP contribution in [0.2, 0.25) is 0 Å². The minimum absolute atomic E-state index is 0.338. The van der Waals surface area contributed by atoms with Gasteiger partial charge in [0.05, 0.1) is 19.4 Å². The van der Waals surface area contributed by atoms with E-state index in [0.29, 0.717) is 5.96 Å². The summed E-state index contributed by atoms with van der Waals surface area (Å²) in [7, 11) is 1.65. The minimum atomic E-state index is -1.04. The molecule has 9 nitrogen and oxygen atoms in total. The lowest BCUT2D eigenvalue weighted by atomic mass is 10.2. The second-order valence-corrected chi connectivity index (χ2v) is 6.44. The van der Waals surface area contributed by atoms with Gasteiger partial charge in [0.1, 0.15) is 5.75 Å². The number of carboxylic acids is 1. The zero-order valence-electron chi connectivity index (χ0n) is 17.6. The molecule has 2 aromatic rings. The van der Waals surface area contributed by atoms with E-state index in [1.54, 1.807) is 13.3 Å². The lowest BCUT2D eigenvalue weighted by molar-refractivity contribution is -0.131. The number of carboxylic acid groups (broad SMARTS) is 1. The summed E-state index contributed by atoms with van der Waals surface area (Å²) >= 11 is 0. The summed E-state index contributed by atoms with van der Waals surface area (Å²) in [6.45, 7) is 4.37. The quantitative estimate of drug-likeness (QED) is 0.139. The van der Waals surface area contributed by atoms with Crippen molar-refractivity contribution in [3.05, 3.63) is 42.1 Å². The van der Waals surface area contributed by atoms with Crippen molar-refractivity contribution in [2.24, 2.45) is 15.8 Å². The van der Waals surface area contributed by atoms with Crippen LogP contribution in [0, 0.1) is 0 Å². The number of unbranched alkanes of at least 4 members (excludes halogenated alkanes) is 2. The molecule has 0 aliphatic heterocycles. The van der Waals surface area contributed by atoms with Gasteiger partial charge in [-0.05, 0) is 37.6 Å². The Labute approximate surface area is 176 Å². The molecule has 0 saturated heterocycles. The third kappa shape index (κ3) is 9.74. The number of methoxy groups -OCH3 is 1. The van der Waals surface area contributed by atoms with Crippen LogP contribution in [0.25, 0.3) is 10.9 Å². The van der Waals surface area contributed by atoms with Crippen LogP contribution in [0.5, 0.6) is 5.75 Å². The van der Waals surface area contributed by atoms with Crippen LogP contribution in [0.3, 0.4) is 0 Å². The van der Waals surface area contributed by atoms with Crippen molar-refractivity contribution in [3.8, 4) is 5.75 Å². The van der Waals surface area contributed by atoms with Gasteiger partial charge in [-0.2, -0.15) is 5.10 Å². The predicted molar refractivity (Wildman–Crippen MR) is 120 cm³/mol. The summed E-state index contributed by atoms with van der Waals surface area (Å²) < 4.78 is 5.24. The number of aromatic nitrogens is 1. The minimum Gasteiger partial charge on any atom is -0.497 e. The Morgan fingerprint density at radius 1 is 1.40 bits per heavy atom. The van der Waals surface area contributed by atoms with Crippen molar-refractivity contribution >= 4 is 29.0 Å². The van der Waals surface area contributed by atoms with Crippen LogP contribution in [-0.2, 0) is 4.79 Å². The molecule has 0 fully saturated rings. The largest absolute Gasteiger partial charge is 0.497 e. The van der Waals surface area contributed by atoms with E-state index in [9.17, 15) is 4.79 Å². The first-order valence-corrected chi connectivity index (χ1v) is 9.70. The van der Waals surface area contributed by atoms with Gasteiger partial charge < -0.3 is 25.7 Å². The van der Waals surface area contributed by atoms with Crippen LogP contribution < -0.4 is 15.9 Å². The number of aromatic amines is 1. The Bertz CT molecular complexity index is 871. The molecule has 0 amide bonds. The number of aliphatic imine (C=N–C) groups is 1. The summed E-state index contributed by atoms with van der Waals surface area (Å²) in [4.78, 5) is 17.1. The molecule has 0 bridgehead atoms. The lowest BCUT2D eigenvalue weighted by Gasteiger charge is -2.00. The first-order valence-electron chi connectivity index (χ1n) is 9.70. The smallest absolute Gasteiger partial charge is 0.328 e. The Morgan fingerprint density at radius 3 is 2.77 bits per heavy atom. The number of nitrogens with two attached hydrogens (primary N) is 1. The maximum Gasteiger partial charge on any atom is 0.328 e. The number of hydrogen-bond donors (Lipinski definition) is 5. The zero-order valence-corrected chi connectivity index (χ0v) is 17.6. The van der Waals surface area contributed by atoms with E-state index in [2.05, 4.69) is 27.4 Å². The number of ether oxygens (including phenoxy) is 1. The highest BCUT2D eigenvalue weighted by Crippen LogP contribution is 2.22. The summed E-state index contributed by atoms with van der Waals surface area (Å²) in [5.74, 6) is 0.113. The maximum atomic E-state index is 9.71. The number of hydrogen-bond acceptors (Lipinski definition) is 5. The van der Waals surface area contributed by atoms with Gasteiger partial charge in [-0.15, -0.1) is 0 Å². The van der Waals surface area contributed by atoms with Crippen molar-refractivity contribution in [2.45, 2.75) is 39.2 Å². The number of carbonyl (C=O) groups is 1. The monoisotopic (exact) mass is 417 g/mol. The fraction of sp³-hybridized carbons (Fsp3) is 0.381. The number of aliphatic hydroxyl groups is 1. The number of nitrogens with one attached hydrogen (secondary N) is 2. The molecule has 0 aliphatic carbocycles. The second kappa shape index (κ2) is 13.8. The molecule has 164 valence electrons. The summed E-state index contributed by atoms with van der Waals surface area (Å²) in [6, 6.07) is 5.86. The fourth-order valence-electron chi connectivity index (χ4n) is 2.34. The molecule has 1 aromatic carbocycles. The van der Waals surface area contributed by atoms with E-state index in [-0.39, 0.29) is 0 Å². The zero-order chi connectivity index (χ0) is 22.4. The molecular weight excluding hydrogens is 386 g/mol. The molecule has 1 unspecified atom stereocenters. The van der Waals surface area contributed by atoms with Gasteiger partial charge >= 0.3 is 5.97 Å². The molecule has 2 rings (SSSR count). The van der Waals surface area contributed by atoms with Gasteiger partial charge in [-0.3, -0.25) is 4.99 Å². The normalized spacial score (nSPS) is 12.7. The molecule has 1 heterocycles. The van der Waals surface area contributed by atoms with E-state index in [0.717, 1.165) is 47.7 Å². The van der Waals surface area contributed by atoms with E-state index < -0.39 is 12.1 Å². The summed E-state index contributed by atoms with van der Waals surface area (Å²) in [5.41, 5.74) is 10.5. The van der Waals surface area contributed by atoms with Gasteiger partial charge in [0, 0.05) is 35.3 Å². The number of hydrazone groups is 1. The van der Waals surface area contributed by atoms with Gasteiger partial charge in [-0.25, -0.2) is 10.2 Å². The van der Waals surface area contributed by atoms with Crippen molar-refractivity contribution in [1.29, 1.82) is 0 Å². The number of nitrogens with zero attached hydrogens (tertiary/aromatic N) is 2. The molecule has 0 radical (unpaired) electrons. The molecule has 1 aromatic heterocycles. The van der Waals surface area contributed by atoms with Crippen LogP contribution in [0.4, 0.5) is 0 Å². The molecule has 6 N–H and O–H groups in total. The molecule has 30 heavy (non-hydrogen) atoms. The predicted octanol–water partition coefficient (Wildman–Crippen LogP) is 2.61. The van der Waals surface area contributed by atoms with Gasteiger partial charge in [0.2, 0.25) is 5.96 Å². The average molecular weight is 418 g/mol. The first kappa shape index (κ1) is 24.7. The van der Waals surface area contributed by atoms with Crippen LogP contribution in [-0.4, -0.2) is 53.1 Å². The molecule has 0 spiro atoms. The van der Waals surface area contributed by atoms with Crippen LogP contribution in [0.1, 0.15) is 38.7 Å². The highest BCUT2D eigenvalue weighted by atomic mass is 16.5. The Kier molecular flexibility index (Phi) is 11.3. The molecule has 9 heteroatoms. The van der Waals surface area contributed by atoms with Gasteiger partial charge in [0.25, 0.3) is 0 Å². The van der Waals surface area contributed by atoms with Crippen LogP contribution in [0.15, 0.2) is 46.6 Å². The Balaban J connectivity index is 0.000000479. The average Bonchev–Trinajstić information content (AvgIpc) is 3.12. The highest BCUT2D eigenvalue weighted by Gasteiger charge is 2.03. The summed E-state index contributed by atoms with van der Waals surface area (Å²) in [5, 5.41) is 21.6. The number of H-pyrrole nitrogens is 1. The Morgan fingerprint density at radius 2 is 2.17 bits per heavy atom. The van der Waals surface area contributed by atoms with Crippen molar-refractivity contribution in [3.63, 3.8) is 0 Å². The second-order valence-electron chi connectivity index (χ2n) is 6.44. The standard InChI is InChI=1S/C16H23N5O.C5H8O3/c1-3-4-5-8-18-16(17)21-20-11-12-10-19-15-7-6-13(22-2)9-14(12)15;1-4(6)2-3-5(7)8/h6-7,9-11,19H,3-5,8H2,1-2H3,(H3,17,18,21);2-4,6H,1H3,(H,7,8)/b20-11+;3-2-. The lowest BCUT2D eigenvalue weighted by Crippen LogP contribution is -2.27. The first-order chi connectivity index (χ1) is 14.4. The number of fused-ring (bicyclic) bond motifs is 1. The summed E-state index contributed by atoms with van der Waals surface area (Å²) in [6.07, 6.45) is 8.42. The molecule has 0 saturated carbocycles. The number of rotatable bonds is 9. The fourth-order valence-corrected chi connectivity index (χ4v) is 2.34. The van der Waals surface area contributed by atoms with E-state index in [1.807, 2.05) is 24.4 Å². The molecular formula is C21H31N5O4. The van der Waals surface area contributed by atoms with Crippen molar-refractivity contribution < 1.29 is 19.7 Å². The van der Waals surface area contributed by atoms with E-state index in [1.165, 1.54) is 19.4 Å². The van der Waals surface area contributed by atoms with Crippen molar-refractivity contribution in [1.82, 2.24) is 10.4 Å². The SMILES string of the molecule is CC(O)/C=C\C(=O)O.CCCCCN=C(N)N/N=C/c1c[nH]c2ccc(OC)cc12. The number of benzene rings is 1. The maximum absolute atomic E-state index is 9.71. The van der Waals surface area contributed by atoms with Crippen molar-refractivity contribution in [2.75, 3.05) is 13.7 Å². The number of aliphatic hydroxyl groups excluding tert-OH is 1. The van der Waals surface area contributed by atoms with Gasteiger partial charge in [0.15, 0.2) is 0 Å². The third-order valence-electron chi connectivity index (χ3n) is 3.86. The number of guanidine groups is 1. The van der Waals surface area contributed by atoms with Crippen LogP contribution >= 0.6 is 0 Å². The van der Waals surface area contributed by atoms with E-state index in [4.69, 9.17) is 20.7 Å². The highest BCUT2D eigenvalue weighted by molar-refractivity contribution is 5.99. The third-order valence-corrected chi connectivity index (χ3v) is 3.86. The number of aliphatic carboxylic acids is 1. The topological polar surface area (TPSA) is 145 Å². The Hall–Kier alpha value is -3.33. The van der Waals surface area contributed by atoms with E-state index >= 15 is 0 Å². The van der Waals surface area contributed by atoms with Gasteiger partial charge in [-0.1, -0.05) is 19.8 Å². The molecule has 0 aliphatic rings.